The number of hydrogen-bond acceptors (Lipinski definition) is 6. The zero-order valence-electron chi connectivity index (χ0n) is 13.2. The number of carbonyl (C=O) groups is 1. The van der Waals surface area contributed by atoms with Crippen LogP contribution in [-0.2, 0) is 0 Å². The first-order chi connectivity index (χ1) is 11.6. The fourth-order valence-corrected chi connectivity index (χ4v) is 2.66. The molecule has 0 spiro atoms. The molecule has 1 amide bonds. The summed E-state index contributed by atoms with van der Waals surface area (Å²) in [5.41, 5.74) is 5.96. The van der Waals surface area contributed by atoms with Gasteiger partial charge in [-0.05, 0) is 31.9 Å². The van der Waals surface area contributed by atoms with Gasteiger partial charge in [-0.2, -0.15) is 5.10 Å². The van der Waals surface area contributed by atoms with Crippen LogP contribution in [0.15, 0.2) is 46.4 Å². The molecule has 0 saturated heterocycles. The first-order valence-electron chi connectivity index (χ1n) is 7.62. The molecule has 124 valence electrons. The second-order valence-corrected chi connectivity index (χ2v) is 5.57. The van der Waals surface area contributed by atoms with E-state index < -0.39 is 11.5 Å². The fourth-order valence-electron chi connectivity index (χ4n) is 2.66. The van der Waals surface area contributed by atoms with Gasteiger partial charge in [-0.3, -0.25) is 25.0 Å². The summed E-state index contributed by atoms with van der Waals surface area (Å²) in [6.45, 7) is 1.91. The Morgan fingerprint density at radius 1 is 1.38 bits per heavy atom. The number of carbonyl (C=O) groups excluding carboxylic acids is 1. The lowest BCUT2D eigenvalue weighted by atomic mass is 10.0. The number of fused-ring (bicyclic) bond motifs is 1. The number of nitrogens with one attached hydrogen (secondary N) is 2. The lowest BCUT2D eigenvalue weighted by molar-refractivity contribution is 0.0950. The zero-order chi connectivity index (χ0) is 17.1. The Labute approximate surface area is 138 Å². The molecule has 1 atom stereocenters. The maximum Gasteiger partial charge on any atom is 0.272 e. The van der Waals surface area contributed by atoms with Crippen LogP contribution >= 0.6 is 0 Å². The number of benzene rings is 1. The minimum absolute atomic E-state index is 0.0683. The van der Waals surface area contributed by atoms with Crippen LogP contribution in [0, 0.1) is 0 Å². The van der Waals surface area contributed by atoms with E-state index in [0.29, 0.717) is 18.0 Å². The number of amides is 1. The number of hydrazine groups is 1. The molecule has 1 unspecified atom stereocenters. The molecule has 4 N–H and O–H groups in total. The summed E-state index contributed by atoms with van der Waals surface area (Å²) < 4.78 is 1.50. The molecule has 8 nitrogen and oxygen atoms in total. The topological polar surface area (TPSA) is 114 Å². The van der Waals surface area contributed by atoms with E-state index in [4.69, 9.17) is 5.84 Å². The van der Waals surface area contributed by atoms with Gasteiger partial charge < -0.3 is 0 Å². The first-order valence-corrected chi connectivity index (χ1v) is 7.62. The third-order valence-electron chi connectivity index (χ3n) is 3.96. The number of hydrazone groups is 1. The fraction of sp³-hybridized carbons (Fsp3) is 0.250. The second kappa shape index (κ2) is 6.63. The number of nitrogen functional groups attached to an aromatic ring is 1. The molecule has 8 heteroatoms. The van der Waals surface area contributed by atoms with Crippen molar-refractivity contribution in [3.63, 3.8) is 0 Å². The van der Waals surface area contributed by atoms with Crippen LogP contribution in [0.4, 0.5) is 5.69 Å². The highest BCUT2D eigenvalue weighted by molar-refractivity contribution is 5.99. The van der Waals surface area contributed by atoms with Crippen molar-refractivity contribution in [1.82, 2.24) is 15.0 Å². The minimum atomic E-state index is -0.651. The molecule has 3 rings (SSSR count). The SMILES string of the molecule is CC1CC/C(=N\Nc2ccccc2)c2ncc(C(=O)NN)c(=O)n21. The molecule has 1 aromatic carbocycles. The molecule has 0 radical (unpaired) electrons. The molecule has 2 heterocycles. The summed E-state index contributed by atoms with van der Waals surface area (Å²) in [6.07, 6.45) is 2.67. The van der Waals surface area contributed by atoms with Gasteiger partial charge in [-0.1, -0.05) is 18.2 Å². The van der Waals surface area contributed by atoms with Crippen molar-refractivity contribution in [1.29, 1.82) is 0 Å². The van der Waals surface area contributed by atoms with Crippen LogP contribution < -0.4 is 22.3 Å². The van der Waals surface area contributed by atoms with Gasteiger partial charge in [-0.15, -0.1) is 0 Å². The van der Waals surface area contributed by atoms with Gasteiger partial charge in [-0.25, -0.2) is 10.8 Å². The molecule has 24 heavy (non-hydrogen) atoms. The van der Waals surface area contributed by atoms with E-state index >= 15 is 0 Å². The average Bonchev–Trinajstić information content (AvgIpc) is 2.61. The highest BCUT2D eigenvalue weighted by Crippen LogP contribution is 2.22. The molecule has 0 fully saturated rings. The van der Waals surface area contributed by atoms with E-state index in [1.165, 1.54) is 10.8 Å². The van der Waals surface area contributed by atoms with Crippen molar-refractivity contribution in [2.75, 3.05) is 5.43 Å². The number of para-hydroxylation sites is 1. The standard InChI is InChI=1S/C16H18N6O2/c1-10-7-8-13(21-20-11-5-3-2-4-6-11)14-18-9-12(15(23)19-17)16(24)22(10)14/h2-6,9-10,20H,7-8,17H2,1H3,(H,19,23)/b21-13+. The smallest absolute Gasteiger partial charge is 0.272 e. The summed E-state index contributed by atoms with van der Waals surface area (Å²) in [5.74, 6) is 4.93. The number of nitrogens with zero attached hydrogens (tertiary/aromatic N) is 3. The molecular formula is C16H18N6O2. The van der Waals surface area contributed by atoms with Crippen LogP contribution in [0.25, 0.3) is 0 Å². The van der Waals surface area contributed by atoms with Gasteiger partial charge in [0.1, 0.15) is 11.3 Å². The van der Waals surface area contributed by atoms with Crippen LogP contribution in [0.5, 0.6) is 0 Å². The van der Waals surface area contributed by atoms with E-state index in [-0.39, 0.29) is 11.6 Å². The number of aromatic nitrogens is 2. The predicted octanol–water partition coefficient (Wildman–Crippen LogP) is 1.02. The van der Waals surface area contributed by atoms with Gasteiger partial charge in [0.25, 0.3) is 11.5 Å². The van der Waals surface area contributed by atoms with Crippen LogP contribution in [-0.4, -0.2) is 21.2 Å². The number of anilines is 1. The second-order valence-electron chi connectivity index (χ2n) is 5.57. The van der Waals surface area contributed by atoms with E-state index in [1.54, 1.807) is 0 Å². The minimum Gasteiger partial charge on any atom is -0.290 e. The van der Waals surface area contributed by atoms with E-state index in [2.05, 4.69) is 15.5 Å². The van der Waals surface area contributed by atoms with Crippen molar-refractivity contribution in [3.05, 3.63) is 58.3 Å². The number of nitrogens with two attached hydrogens (primary N) is 1. The van der Waals surface area contributed by atoms with Crippen LogP contribution in [0.2, 0.25) is 0 Å². The predicted molar refractivity (Wildman–Crippen MR) is 90.7 cm³/mol. The molecule has 0 bridgehead atoms. The largest absolute Gasteiger partial charge is 0.290 e. The van der Waals surface area contributed by atoms with Gasteiger partial charge in [0, 0.05) is 12.2 Å². The first kappa shape index (κ1) is 15.9. The summed E-state index contributed by atoms with van der Waals surface area (Å²) in [5, 5.41) is 4.38. The van der Waals surface area contributed by atoms with Crippen LogP contribution in [0.1, 0.15) is 42.0 Å². The van der Waals surface area contributed by atoms with E-state index in [9.17, 15) is 9.59 Å². The van der Waals surface area contributed by atoms with Gasteiger partial charge in [0.15, 0.2) is 5.82 Å². The Hall–Kier alpha value is -3.00. The Bertz CT molecular complexity index is 843. The van der Waals surface area contributed by atoms with Crippen molar-refractivity contribution in [2.24, 2.45) is 10.9 Å². The Morgan fingerprint density at radius 3 is 2.83 bits per heavy atom. The monoisotopic (exact) mass is 326 g/mol. The van der Waals surface area contributed by atoms with Gasteiger partial charge in [0.2, 0.25) is 0 Å². The van der Waals surface area contributed by atoms with Crippen molar-refractivity contribution in [2.45, 2.75) is 25.8 Å². The molecular weight excluding hydrogens is 308 g/mol. The highest BCUT2D eigenvalue weighted by Gasteiger charge is 2.26. The summed E-state index contributed by atoms with van der Waals surface area (Å²) in [7, 11) is 0. The lowest BCUT2D eigenvalue weighted by Gasteiger charge is -2.25. The summed E-state index contributed by atoms with van der Waals surface area (Å²) >= 11 is 0. The number of hydrogen-bond donors (Lipinski definition) is 3. The highest BCUT2D eigenvalue weighted by atomic mass is 16.2. The van der Waals surface area contributed by atoms with Crippen molar-refractivity contribution < 1.29 is 4.79 Å². The maximum atomic E-state index is 12.6. The third kappa shape index (κ3) is 2.91. The lowest BCUT2D eigenvalue weighted by Crippen LogP contribution is -2.41. The molecule has 2 aromatic rings. The molecule has 1 aliphatic rings. The molecule has 1 aliphatic heterocycles. The normalized spacial score (nSPS) is 18.1. The van der Waals surface area contributed by atoms with Gasteiger partial charge in [0.05, 0.1) is 5.69 Å². The molecule has 0 saturated carbocycles. The Morgan fingerprint density at radius 2 is 2.12 bits per heavy atom. The Kier molecular flexibility index (Phi) is 4.39. The maximum absolute atomic E-state index is 12.6. The third-order valence-corrected chi connectivity index (χ3v) is 3.96. The van der Waals surface area contributed by atoms with E-state index in [0.717, 1.165) is 12.1 Å². The number of rotatable bonds is 3. The van der Waals surface area contributed by atoms with Gasteiger partial charge >= 0.3 is 0 Å². The summed E-state index contributed by atoms with van der Waals surface area (Å²) in [6, 6.07) is 9.44. The quantitative estimate of drug-likeness (QED) is 0.442. The van der Waals surface area contributed by atoms with Crippen molar-refractivity contribution in [3.8, 4) is 0 Å². The average molecular weight is 326 g/mol. The van der Waals surface area contributed by atoms with Crippen molar-refractivity contribution >= 4 is 17.3 Å². The molecule has 1 aromatic heterocycles. The van der Waals surface area contributed by atoms with Crippen LogP contribution in [0.3, 0.4) is 0 Å². The molecule has 0 aliphatic carbocycles. The zero-order valence-corrected chi connectivity index (χ0v) is 13.2. The van der Waals surface area contributed by atoms with E-state index in [1.807, 2.05) is 42.7 Å². The summed E-state index contributed by atoms with van der Waals surface area (Å²) in [4.78, 5) is 28.5. The Balaban J connectivity index is 2.00.